The number of methoxy groups -OCH3 is 1. The van der Waals surface area contributed by atoms with Gasteiger partial charge in [-0.15, -0.1) is 0 Å². The molecule has 0 aliphatic rings. The Morgan fingerprint density at radius 1 is 1.27 bits per heavy atom. The first-order valence-electron chi connectivity index (χ1n) is 5.70. The van der Waals surface area contributed by atoms with E-state index >= 15 is 0 Å². The van der Waals surface area contributed by atoms with Crippen molar-refractivity contribution in [3.63, 3.8) is 0 Å². The molecule has 2 nitrogen and oxygen atoms in total. The number of unbranched alkanes of at least 4 members (excludes halogenated alkanes) is 2. The molecule has 0 atom stereocenters. The van der Waals surface area contributed by atoms with E-state index in [9.17, 15) is 4.79 Å². The van der Waals surface area contributed by atoms with Gasteiger partial charge in [-0.2, -0.15) is 0 Å². The Morgan fingerprint density at radius 2 is 1.87 bits per heavy atom. The van der Waals surface area contributed by atoms with Crippen molar-refractivity contribution in [2.45, 2.75) is 47.4 Å². The fourth-order valence-corrected chi connectivity index (χ4v) is 5.65. The van der Waals surface area contributed by atoms with E-state index in [1.165, 1.54) is 30.0 Å². The average Bonchev–Trinajstić information content (AvgIpc) is 2.14. The Labute approximate surface area is 98.0 Å². The summed E-state index contributed by atoms with van der Waals surface area (Å²) in [6, 6.07) is 0. The van der Waals surface area contributed by atoms with E-state index in [0.29, 0.717) is 0 Å². The van der Waals surface area contributed by atoms with E-state index in [4.69, 9.17) is 4.74 Å². The molecule has 0 rings (SSSR count). The Bertz CT molecular complexity index is 226. The zero-order chi connectivity index (χ0) is 11.9. The third-order valence-corrected chi connectivity index (χ3v) is 9.13. The molecule has 0 aromatic rings. The van der Waals surface area contributed by atoms with Crippen LogP contribution in [-0.4, -0.2) is 31.5 Å². The molecule has 0 aromatic heterocycles. The summed E-state index contributed by atoms with van der Waals surface area (Å²) in [6.07, 6.45) is 6.51. The third kappa shape index (κ3) is 6.98. The summed E-state index contributed by atoms with van der Waals surface area (Å²) in [7, 11) is 1.45. The number of carbonyl (C=O) groups excluding carboxylic acids is 1. The summed E-state index contributed by atoms with van der Waals surface area (Å²) in [5, 5.41) is 0. The van der Waals surface area contributed by atoms with Crippen LogP contribution in [0, 0.1) is 0 Å². The molecular weight excluding hydrogens is 295 g/mol. The fraction of sp³-hybridized carbons (Fsp3) is 0.750. The summed E-state index contributed by atoms with van der Waals surface area (Å²) in [5.41, 5.74) is 0. The zero-order valence-electron chi connectivity index (χ0n) is 10.7. The maximum atomic E-state index is 11.2. The second-order valence-electron chi connectivity index (χ2n) is 4.90. The number of hydrogen-bond acceptors (Lipinski definition) is 2. The van der Waals surface area contributed by atoms with Gasteiger partial charge < -0.3 is 0 Å². The number of ether oxygens (including phenoxy) is 1. The van der Waals surface area contributed by atoms with Crippen molar-refractivity contribution in [3.8, 4) is 0 Å². The zero-order valence-corrected chi connectivity index (χ0v) is 13.6. The molecule has 0 N–H and O–H groups in total. The molecule has 0 saturated carbocycles. The maximum absolute atomic E-state index is 11.2. The standard InChI is InChI=1S/C9H15O2.3CH3.Sn/c1-3-4-5-6-7-8-9(10)11-2;;;;/h8H,3-6H2,1-2H3;3*1H3;. The molecule has 0 heterocycles. The minimum atomic E-state index is -2.08. The first-order valence-corrected chi connectivity index (χ1v) is 15.7. The first kappa shape index (κ1) is 15.0. The van der Waals surface area contributed by atoms with Gasteiger partial charge in [0.05, 0.1) is 0 Å². The summed E-state index contributed by atoms with van der Waals surface area (Å²) < 4.78 is 6.09. The predicted octanol–water partition coefficient (Wildman–Crippen LogP) is 3.54. The molecule has 0 amide bonds. The van der Waals surface area contributed by atoms with Crippen molar-refractivity contribution in [2.24, 2.45) is 0 Å². The van der Waals surface area contributed by atoms with Gasteiger partial charge in [0.25, 0.3) is 0 Å². The summed E-state index contributed by atoms with van der Waals surface area (Å²) in [6.45, 7) is 2.20. The van der Waals surface area contributed by atoms with E-state index in [1.807, 2.05) is 0 Å². The first-order chi connectivity index (χ1) is 6.91. The molecule has 88 valence electrons. The number of hydrogen-bond donors (Lipinski definition) is 0. The van der Waals surface area contributed by atoms with E-state index in [2.05, 4.69) is 21.7 Å². The molecule has 0 aliphatic carbocycles. The summed E-state index contributed by atoms with van der Waals surface area (Å²) in [4.78, 5) is 18.3. The molecule has 0 aliphatic heterocycles. The van der Waals surface area contributed by atoms with Gasteiger partial charge in [-0.3, -0.25) is 0 Å². The predicted molar refractivity (Wildman–Crippen MR) is 67.6 cm³/mol. The third-order valence-electron chi connectivity index (χ3n) is 2.51. The van der Waals surface area contributed by atoms with Crippen LogP contribution in [0.1, 0.15) is 32.6 Å². The van der Waals surface area contributed by atoms with Gasteiger partial charge in [-0.1, -0.05) is 0 Å². The van der Waals surface area contributed by atoms with Crippen LogP contribution in [-0.2, 0) is 9.53 Å². The average molecular weight is 319 g/mol. The van der Waals surface area contributed by atoms with Crippen molar-refractivity contribution in [2.75, 3.05) is 7.11 Å². The second-order valence-corrected chi connectivity index (χ2v) is 19.6. The summed E-state index contributed by atoms with van der Waals surface area (Å²) >= 11 is -2.08. The van der Waals surface area contributed by atoms with E-state index < -0.39 is 18.4 Å². The Hall–Kier alpha value is 0.00870. The molecule has 15 heavy (non-hydrogen) atoms. The van der Waals surface area contributed by atoms with Crippen LogP contribution in [0.3, 0.4) is 0 Å². The van der Waals surface area contributed by atoms with Crippen molar-refractivity contribution >= 4 is 24.3 Å². The second kappa shape index (κ2) is 7.31. The van der Waals surface area contributed by atoms with Gasteiger partial charge in [0.1, 0.15) is 0 Å². The number of esters is 1. The van der Waals surface area contributed by atoms with Crippen LogP contribution in [0.5, 0.6) is 0 Å². The van der Waals surface area contributed by atoms with Gasteiger partial charge in [-0.25, -0.2) is 0 Å². The van der Waals surface area contributed by atoms with Crippen molar-refractivity contribution in [3.05, 3.63) is 9.67 Å². The molecule has 0 saturated heterocycles. The van der Waals surface area contributed by atoms with Crippen LogP contribution < -0.4 is 0 Å². The van der Waals surface area contributed by atoms with E-state index in [1.54, 1.807) is 6.08 Å². The topological polar surface area (TPSA) is 26.3 Å². The molecular formula is C12H24O2Sn. The summed E-state index contributed by atoms with van der Waals surface area (Å²) in [5.74, 6) is -0.187. The van der Waals surface area contributed by atoms with Crippen molar-refractivity contribution in [1.82, 2.24) is 0 Å². The van der Waals surface area contributed by atoms with Crippen molar-refractivity contribution in [1.29, 1.82) is 0 Å². The number of carbonyl (C=O) groups is 1. The van der Waals surface area contributed by atoms with Crippen LogP contribution in [0.15, 0.2) is 9.67 Å². The van der Waals surface area contributed by atoms with Gasteiger partial charge in [0, 0.05) is 0 Å². The van der Waals surface area contributed by atoms with Gasteiger partial charge >= 0.3 is 98.1 Å². The molecule has 0 spiro atoms. The van der Waals surface area contributed by atoms with Gasteiger partial charge in [-0.05, 0) is 0 Å². The Morgan fingerprint density at radius 3 is 2.27 bits per heavy atom. The van der Waals surface area contributed by atoms with Crippen LogP contribution in [0.4, 0.5) is 0 Å². The number of rotatable bonds is 6. The molecule has 0 radical (unpaired) electrons. The van der Waals surface area contributed by atoms with Crippen molar-refractivity contribution < 1.29 is 9.53 Å². The van der Waals surface area contributed by atoms with E-state index in [-0.39, 0.29) is 5.97 Å². The molecule has 0 bridgehead atoms. The van der Waals surface area contributed by atoms with Crippen LogP contribution in [0.25, 0.3) is 0 Å². The SMILES string of the molecule is CCCCC/[C](=C\C(=O)OC)[Sn]([CH3])([CH3])[CH3]. The normalized spacial score (nSPS) is 12.7. The van der Waals surface area contributed by atoms with Crippen LogP contribution >= 0.6 is 0 Å². The monoisotopic (exact) mass is 320 g/mol. The van der Waals surface area contributed by atoms with Crippen LogP contribution in [0.2, 0.25) is 14.8 Å². The fourth-order valence-electron chi connectivity index (χ4n) is 1.43. The quantitative estimate of drug-likeness (QED) is 0.324. The van der Waals surface area contributed by atoms with Gasteiger partial charge in [0.2, 0.25) is 0 Å². The number of allylic oxidation sites excluding steroid dienone is 1. The van der Waals surface area contributed by atoms with Gasteiger partial charge in [0.15, 0.2) is 0 Å². The Kier molecular flexibility index (Phi) is 7.31. The Balaban J connectivity index is 4.46. The molecule has 0 unspecified atom stereocenters. The molecule has 0 aromatic carbocycles. The minimum absolute atomic E-state index is 0.187. The van der Waals surface area contributed by atoms with E-state index in [0.717, 1.165) is 6.42 Å². The molecule has 3 heteroatoms. The molecule has 0 fully saturated rings.